The van der Waals surface area contributed by atoms with Crippen LogP contribution in [0.2, 0.25) is 0 Å². The molecule has 7 heteroatoms. The molecular weight excluding hydrogens is 270 g/mol. The Morgan fingerprint density at radius 2 is 2.16 bits per heavy atom. The van der Waals surface area contributed by atoms with Crippen LogP contribution in [-0.4, -0.2) is 38.9 Å². The van der Waals surface area contributed by atoms with Gasteiger partial charge in [-0.25, -0.2) is 13.2 Å². The van der Waals surface area contributed by atoms with Crippen LogP contribution < -0.4 is 9.04 Å². The van der Waals surface area contributed by atoms with E-state index in [4.69, 9.17) is 9.84 Å². The van der Waals surface area contributed by atoms with Crippen molar-refractivity contribution in [2.24, 2.45) is 5.92 Å². The van der Waals surface area contributed by atoms with Gasteiger partial charge in [-0.1, -0.05) is 6.92 Å². The maximum absolute atomic E-state index is 12.0. The number of carboxylic acid groups (broad SMARTS) is 1. The zero-order valence-electron chi connectivity index (χ0n) is 10.7. The second-order valence-electron chi connectivity index (χ2n) is 4.60. The van der Waals surface area contributed by atoms with Crippen molar-refractivity contribution >= 4 is 21.7 Å². The molecule has 1 aromatic carbocycles. The van der Waals surface area contributed by atoms with Crippen molar-refractivity contribution in [1.82, 2.24) is 0 Å². The molecule has 1 heterocycles. The molecule has 0 saturated carbocycles. The highest BCUT2D eigenvalue weighted by Crippen LogP contribution is 2.31. The first-order chi connectivity index (χ1) is 8.85. The van der Waals surface area contributed by atoms with Gasteiger partial charge in [0.15, 0.2) is 0 Å². The van der Waals surface area contributed by atoms with Crippen LogP contribution in [0.3, 0.4) is 0 Å². The van der Waals surface area contributed by atoms with E-state index in [9.17, 15) is 13.2 Å². The number of methoxy groups -OCH3 is 1. The Kier molecular flexibility index (Phi) is 3.40. The van der Waals surface area contributed by atoms with Crippen LogP contribution >= 0.6 is 0 Å². The molecule has 19 heavy (non-hydrogen) atoms. The van der Waals surface area contributed by atoms with Crippen LogP contribution in [-0.2, 0) is 10.0 Å². The Bertz CT molecular complexity index is 611. The third kappa shape index (κ3) is 2.51. The normalized spacial score (nSPS) is 21.4. The van der Waals surface area contributed by atoms with Gasteiger partial charge in [0, 0.05) is 12.6 Å². The number of rotatable bonds is 3. The average molecular weight is 285 g/mol. The molecule has 1 aromatic rings. The average Bonchev–Trinajstić information content (AvgIpc) is 2.61. The van der Waals surface area contributed by atoms with Crippen LogP contribution in [0.15, 0.2) is 18.2 Å². The third-order valence-electron chi connectivity index (χ3n) is 3.01. The highest BCUT2D eigenvalue weighted by Gasteiger charge is 2.34. The van der Waals surface area contributed by atoms with Crippen LogP contribution in [0, 0.1) is 5.92 Å². The second-order valence-corrected chi connectivity index (χ2v) is 6.54. The van der Waals surface area contributed by atoms with Gasteiger partial charge in [-0.3, -0.25) is 4.31 Å². The summed E-state index contributed by atoms with van der Waals surface area (Å²) in [7, 11) is -1.96. The minimum atomic E-state index is -3.32. The highest BCUT2D eigenvalue weighted by atomic mass is 32.2. The third-order valence-corrected chi connectivity index (χ3v) is 5.03. The largest absolute Gasteiger partial charge is 0.496 e. The van der Waals surface area contributed by atoms with Crippen molar-refractivity contribution in [3.05, 3.63) is 23.8 Å². The van der Waals surface area contributed by atoms with Crippen molar-refractivity contribution in [2.45, 2.75) is 6.92 Å². The highest BCUT2D eigenvalue weighted by molar-refractivity contribution is 7.93. The van der Waals surface area contributed by atoms with Gasteiger partial charge in [-0.2, -0.15) is 0 Å². The van der Waals surface area contributed by atoms with Crippen LogP contribution in [0.1, 0.15) is 17.3 Å². The molecule has 0 aliphatic carbocycles. The fourth-order valence-electron chi connectivity index (χ4n) is 2.18. The molecule has 1 unspecified atom stereocenters. The quantitative estimate of drug-likeness (QED) is 0.901. The van der Waals surface area contributed by atoms with E-state index in [2.05, 4.69) is 0 Å². The first-order valence-electron chi connectivity index (χ1n) is 5.77. The lowest BCUT2D eigenvalue weighted by Gasteiger charge is -2.18. The van der Waals surface area contributed by atoms with Crippen LogP contribution in [0.4, 0.5) is 5.69 Å². The zero-order valence-corrected chi connectivity index (χ0v) is 11.5. The fraction of sp³-hybridized carbons (Fsp3) is 0.417. The van der Waals surface area contributed by atoms with Gasteiger partial charge < -0.3 is 9.84 Å². The number of benzene rings is 1. The summed E-state index contributed by atoms with van der Waals surface area (Å²) in [6.07, 6.45) is 0. The van der Waals surface area contributed by atoms with E-state index in [1.165, 1.54) is 29.6 Å². The lowest BCUT2D eigenvalue weighted by Crippen LogP contribution is -2.25. The summed E-state index contributed by atoms with van der Waals surface area (Å²) in [6, 6.07) is 4.29. The summed E-state index contributed by atoms with van der Waals surface area (Å²) in [5.41, 5.74) is 0.446. The molecule has 1 fully saturated rings. The Hall–Kier alpha value is -1.76. The minimum absolute atomic E-state index is 0.0101. The number of aromatic carboxylic acids is 1. The molecule has 1 saturated heterocycles. The van der Waals surface area contributed by atoms with E-state index in [1.807, 2.05) is 6.92 Å². The predicted octanol–water partition coefficient (Wildman–Crippen LogP) is 1.18. The Labute approximate surface area is 111 Å². The van der Waals surface area contributed by atoms with Gasteiger partial charge in [0.25, 0.3) is 0 Å². The summed E-state index contributed by atoms with van der Waals surface area (Å²) in [5.74, 6) is -0.799. The Balaban J connectivity index is 2.45. The van der Waals surface area contributed by atoms with Crippen molar-refractivity contribution in [2.75, 3.05) is 23.7 Å². The SMILES string of the molecule is COc1cc(N2CC(C)CS2(=O)=O)ccc1C(=O)O. The number of ether oxygens (including phenoxy) is 1. The summed E-state index contributed by atoms with van der Waals surface area (Å²) in [6.45, 7) is 2.26. The van der Waals surface area contributed by atoms with Crippen molar-refractivity contribution in [3.63, 3.8) is 0 Å². The molecule has 0 aromatic heterocycles. The fourth-order valence-corrected chi connectivity index (χ4v) is 4.10. The van der Waals surface area contributed by atoms with Gasteiger partial charge >= 0.3 is 5.97 Å². The molecule has 0 spiro atoms. The van der Waals surface area contributed by atoms with E-state index in [1.54, 1.807) is 0 Å². The number of carbonyl (C=O) groups is 1. The van der Waals surface area contributed by atoms with Crippen LogP contribution in [0.5, 0.6) is 5.75 Å². The van der Waals surface area contributed by atoms with Crippen molar-refractivity contribution in [3.8, 4) is 5.75 Å². The monoisotopic (exact) mass is 285 g/mol. The predicted molar refractivity (Wildman–Crippen MR) is 70.3 cm³/mol. The maximum atomic E-state index is 12.0. The van der Waals surface area contributed by atoms with E-state index in [0.717, 1.165) is 0 Å². The number of nitrogens with zero attached hydrogens (tertiary/aromatic N) is 1. The van der Waals surface area contributed by atoms with E-state index >= 15 is 0 Å². The molecular formula is C12H15NO5S. The Morgan fingerprint density at radius 1 is 1.47 bits per heavy atom. The molecule has 0 bridgehead atoms. The first kappa shape index (κ1) is 13.7. The van der Waals surface area contributed by atoms with E-state index in [-0.39, 0.29) is 23.0 Å². The lowest BCUT2D eigenvalue weighted by molar-refractivity contribution is 0.0693. The minimum Gasteiger partial charge on any atom is -0.496 e. The van der Waals surface area contributed by atoms with E-state index < -0.39 is 16.0 Å². The summed E-state index contributed by atoms with van der Waals surface area (Å²) in [5, 5.41) is 8.99. The number of sulfonamides is 1. The summed E-state index contributed by atoms with van der Waals surface area (Å²) in [4.78, 5) is 11.0. The van der Waals surface area contributed by atoms with E-state index in [0.29, 0.717) is 12.2 Å². The molecule has 0 amide bonds. The maximum Gasteiger partial charge on any atom is 0.339 e. The summed E-state index contributed by atoms with van der Waals surface area (Å²) >= 11 is 0. The number of anilines is 1. The zero-order chi connectivity index (χ0) is 14.2. The smallest absolute Gasteiger partial charge is 0.339 e. The van der Waals surface area contributed by atoms with Crippen molar-refractivity contribution in [1.29, 1.82) is 0 Å². The first-order valence-corrected chi connectivity index (χ1v) is 7.38. The van der Waals surface area contributed by atoms with Crippen LogP contribution in [0.25, 0.3) is 0 Å². The summed E-state index contributed by atoms with van der Waals surface area (Å²) < 4.78 is 30.2. The molecule has 1 aliphatic rings. The Morgan fingerprint density at radius 3 is 2.63 bits per heavy atom. The molecule has 1 N–H and O–H groups in total. The van der Waals surface area contributed by atoms with Gasteiger partial charge in [-0.05, 0) is 18.1 Å². The molecule has 104 valence electrons. The van der Waals surface area contributed by atoms with Crippen molar-refractivity contribution < 1.29 is 23.1 Å². The topological polar surface area (TPSA) is 83.9 Å². The standard InChI is InChI=1S/C12H15NO5S/c1-8-6-13(19(16,17)7-8)9-3-4-10(12(14)15)11(5-9)18-2/h3-5,8H,6-7H2,1-2H3,(H,14,15). The van der Waals surface area contributed by atoms with Gasteiger partial charge in [0.1, 0.15) is 11.3 Å². The number of hydrogen-bond acceptors (Lipinski definition) is 4. The molecule has 2 rings (SSSR count). The van der Waals surface area contributed by atoms with Gasteiger partial charge in [-0.15, -0.1) is 0 Å². The molecule has 1 aliphatic heterocycles. The number of hydrogen-bond donors (Lipinski definition) is 1. The van der Waals surface area contributed by atoms with Gasteiger partial charge in [0.2, 0.25) is 10.0 Å². The van der Waals surface area contributed by atoms with Gasteiger partial charge in [0.05, 0.1) is 18.6 Å². The molecule has 1 atom stereocenters. The molecule has 0 radical (unpaired) electrons. The second kappa shape index (κ2) is 4.73. The molecule has 6 nitrogen and oxygen atoms in total. The number of carboxylic acids is 1. The lowest BCUT2D eigenvalue weighted by atomic mass is 10.1.